The maximum absolute atomic E-state index is 13.0. The first-order valence-electron chi connectivity index (χ1n) is 8.97. The lowest BCUT2D eigenvalue weighted by Crippen LogP contribution is -2.31. The van der Waals surface area contributed by atoms with Crippen LogP contribution in [0.1, 0.15) is 18.5 Å². The predicted molar refractivity (Wildman–Crippen MR) is 114 cm³/mol. The highest BCUT2D eigenvalue weighted by Gasteiger charge is 2.19. The van der Waals surface area contributed by atoms with Crippen LogP contribution in [0.5, 0.6) is 0 Å². The molecule has 4 aromatic rings. The normalized spacial score (nSPS) is 12.1. The number of anilines is 1. The number of fused-ring (bicyclic) bond motifs is 1. The fraction of sp³-hybridized carbons (Fsp3) is 0.136. The third-order valence-electron chi connectivity index (χ3n) is 4.73. The molecule has 1 atom stereocenters. The van der Waals surface area contributed by atoms with E-state index in [1.807, 2.05) is 67.6 Å². The van der Waals surface area contributed by atoms with E-state index in [4.69, 9.17) is 0 Å². The van der Waals surface area contributed by atoms with Crippen LogP contribution in [0.3, 0.4) is 0 Å². The van der Waals surface area contributed by atoms with E-state index in [2.05, 4.69) is 10.3 Å². The minimum atomic E-state index is -0.677. The number of carbonyl (C=O) groups is 1. The SMILES string of the molecule is Cc1ccccc1NC(=O)[C@@H](C)n1cnc2sc(-c3ccccc3)cc2c1=O. The van der Waals surface area contributed by atoms with Crippen molar-refractivity contribution in [2.75, 3.05) is 5.32 Å². The first kappa shape index (κ1) is 18.1. The van der Waals surface area contributed by atoms with Crippen LogP contribution in [0, 0.1) is 6.92 Å². The van der Waals surface area contributed by atoms with Gasteiger partial charge < -0.3 is 5.32 Å². The van der Waals surface area contributed by atoms with Crippen molar-refractivity contribution in [3.8, 4) is 10.4 Å². The molecule has 0 saturated heterocycles. The van der Waals surface area contributed by atoms with E-state index in [1.54, 1.807) is 6.92 Å². The zero-order valence-corrected chi connectivity index (χ0v) is 16.4. The van der Waals surface area contributed by atoms with E-state index in [0.29, 0.717) is 10.2 Å². The molecule has 0 aliphatic heterocycles. The van der Waals surface area contributed by atoms with Crippen molar-refractivity contribution >= 4 is 33.1 Å². The second-order valence-electron chi connectivity index (χ2n) is 6.63. The van der Waals surface area contributed by atoms with Crippen LogP contribution in [-0.4, -0.2) is 15.5 Å². The Kier molecular flexibility index (Phi) is 4.79. The van der Waals surface area contributed by atoms with Crippen LogP contribution in [0.25, 0.3) is 20.7 Å². The highest BCUT2D eigenvalue weighted by molar-refractivity contribution is 7.21. The number of nitrogens with one attached hydrogen (secondary N) is 1. The van der Waals surface area contributed by atoms with Gasteiger partial charge in [0.15, 0.2) is 0 Å². The number of nitrogens with zero attached hydrogens (tertiary/aromatic N) is 2. The van der Waals surface area contributed by atoms with E-state index in [0.717, 1.165) is 21.7 Å². The fourth-order valence-corrected chi connectivity index (χ4v) is 4.03. The number of benzene rings is 2. The van der Waals surface area contributed by atoms with E-state index >= 15 is 0 Å². The first-order chi connectivity index (χ1) is 13.5. The van der Waals surface area contributed by atoms with Crippen LogP contribution in [0.2, 0.25) is 0 Å². The number of hydrogen-bond acceptors (Lipinski definition) is 4. The minimum Gasteiger partial charge on any atom is -0.324 e. The number of rotatable bonds is 4. The maximum atomic E-state index is 13.0. The summed E-state index contributed by atoms with van der Waals surface area (Å²) in [5.41, 5.74) is 2.54. The molecule has 0 bridgehead atoms. The van der Waals surface area contributed by atoms with Gasteiger partial charge in [0.1, 0.15) is 10.9 Å². The van der Waals surface area contributed by atoms with Gasteiger partial charge in [0.25, 0.3) is 5.56 Å². The van der Waals surface area contributed by atoms with Gasteiger partial charge in [0.2, 0.25) is 5.91 Å². The highest BCUT2D eigenvalue weighted by atomic mass is 32.1. The topological polar surface area (TPSA) is 64.0 Å². The highest BCUT2D eigenvalue weighted by Crippen LogP contribution is 2.30. The van der Waals surface area contributed by atoms with Gasteiger partial charge in [0.05, 0.1) is 11.7 Å². The van der Waals surface area contributed by atoms with Gasteiger partial charge in [-0.1, -0.05) is 48.5 Å². The maximum Gasteiger partial charge on any atom is 0.262 e. The molecular weight excluding hydrogens is 370 g/mol. The van der Waals surface area contributed by atoms with Crippen molar-refractivity contribution in [3.63, 3.8) is 0 Å². The number of aromatic nitrogens is 2. The molecule has 0 spiro atoms. The summed E-state index contributed by atoms with van der Waals surface area (Å²) < 4.78 is 1.39. The molecule has 5 nitrogen and oxygen atoms in total. The molecule has 0 aliphatic rings. The van der Waals surface area contributed by atoms with Crippen LogP contribution in [0.15, 0.2) is 71.8 Å². The largest absolute Gasteiger partial charge is 0.324 e. The van der Waals surface area contributed by atoms with Crippen LogP contribution in [0.4, 0.5) is 5.69 Å². The molecule has 2 aromatic heterocycles. The van der Waals surface area contributed by atoms with Gasteiger partial charge in [-0.15, -0.1) is 11.3 Å². The van der Waals surface area contributed by atoms with Crippen molar-refractivity contribution in [1.29, 1.82) is 0 Å². The number of amides is 1. The smallest absolute Gasteiger partial charge is 0.262 e. The Morgan fingerprint density at radius 1 is 1.11 bits per heavy atom. The van der Waals surface area contributed by atoms with Gasteiger partial charge in [0, 0.05) is 10.6 Å². The molecule has 0 fully saturated rings. The Hall–Kier alpha value is -3.25. The van der Waals surface area contributed by atoms with Crippen LogP contribution in [-0.2, 0) is 4.79 Å². The van der Waals surface area contributed by atoms with E-state index in [-0.39, 0.29) is 11.5 Å². The third-order valence-corrected chi connectivity index (χ3v) is 5.83. The van der Waals surface area contributed by atoms with Gasteiger partial charge in [-0.05, 0) is 37.1 Å². The standard InChI is InChI=1S/C22H19N3O2S/c1-14-8-6-7-11-18(14)24-20(26)15(2)25-13-23-21-17(22(25)27)12-19(28-21)16-9-4-3-5-10-16/h3-13,15H,1-2H3,(H,24,26)/t15-/m1/s1. The van der Waals surface area contributed by atoms with E-state index in [9.17, 15) is 9.59 Å². The second kappa shape index (κ2) is 7.40. The quantitative estimate of drug-likeness (QED) is 0.553. The third kappa shape index (κ3) is 3.34. The molecule has 2 heterocycles. The second-order valence-corrected chi connectivity index (χ2v) is 7.66. The van der Waals surface area contributed by atoms with Gasteiger partial charge in [-0.3, -0.25) is 14.2 Å². The average molecular weight is 389 g/mol. The number of para-hydroxylation sites is 1. The summed E-state index contributed by atoms with van der Waals surface area (Å²) in [6.07, 6.45) is 1.46. The molecule has 1 amide bonds. The first-order valence-corrected chi connectivity index (χ1v) is 9.79. The summed E-state index contributed by atoms with van der Waals surface area (Å²) in [7, 11) is 0. The Morgan fingerprint density at radius 2 is 1.82 bits per heavy atom. The molecule has 0 aliphatic carbocycles. The lowest BCUT2D eigenvalue weighted by atomic mass is 10.2. The molecule has 28 heavy (non-hydrogen) atoms. The number of thiophene rings is 1. The number of aryl methyl sites for hydroxylation is 1. The minimum absolute atomic E-state index is 0.212. The van der Waals surface area contributed by atoms with Crippen molar-refractivity contribution in [2.45, 2.75) is 19.9 Å². The molecule has 140 valence electrons. The molecule has 1 N–H and O–H groups in total. The summed E-state index contributed by atoms with van der Waals surface area (Å²) in [6.45, 7) is 3.63. The van der Waals surface area contributed by atoms with Gasteiger partial charge >= 0.3 is 0 Å². The molecule has 6 heteroatoms. The van der Waals surface area contributed by atoms with E-state index in [1.165, 1.54) is 22.2 Å². The summed E-state index contributed by atoms with van der Waals surface area (Å²) in [5.74, 6) is -0.254. The molecule has 0 radical (unpaired) electrons. The Morgan fingerprint density at radius 3 is 2.57 bits per heavy atom. The van der Waals surface area contributed by atoms with Crippen molar-refractivity contribution < 1.29 is 4.79 Å². The Bertz CT molecular complexity index is 1210. The number of hydrogen-bond donors (Lipinski definition) is 1. The monoisotopic (exact) mass is 389 g/mol. The summed E-state index contributed by atoms with van der Waals surface area (Å²) in [4.78, 5) is 31.7. The van der Waals surface area contributed by atoms with E-state index < -0.39 is 6.04 Å². The van der Waals surface area contributed by atoms with Crippen molar-refractivity contribution in [3.05, 3.63) is 82.9 Å². The molecule has 2 aromatic carbocycles. The van der Waals surface area contributed by atoms with Crippen LogP contribution < -0.4 is 10.9 Å². The van der Waals surface area contributed by atoms with Gasteiger partial charge in [-0.25, -0.2) is 4.98 Å². The average Bonchev–Trinajstić information content (AvgIpc) is 3.15. The predicted octanol–water partition coefficient (Wildman–Crippen LogP) is 4.63. The Labute approximate surface area is 166 Å². The molecule has 0 unspecified atom stereocenters. The zero-order chi connectivity index (χ0) is 19.7. The lowest BCUT2D eigenvalue weighted by Gasteiger charge is -2.15. The summed E-state index contributed by atoms with van der Waals surface area (Å²) in [6, 6.07) is 18.6. The number of carbonyl (C=O) groups excluding carboxylic acids is 1. The summed E-state index contributed by atoms with van der Waals surface area (Å²) >= 11 is 1.47. The van der Waals surface area contributed by atoms with Crippen molar-refractivity contribution in [1.82, 2.24) is 9.55 Å². The van der Waals surface area contributed by atoms with Crippen LogP contribution >= 0.6 is 11.3 Å². The lowest BCUT2D eigenvalue weighted by molar-refractivity contribution is -0.118. The molecule has 0 saturated carbocycles. The molecular formula is C22H19N3O2S. The van der Waals surface area contributed by atoms with Gasteiger partial charge in [-0.2, -0.15) is 0 Å². The summed E-state index contributed by atoms with van der Waals surface area (Å²) in [5, 5.41) is 3.42. The van der Waals surface area contributed by atoms with Crippen molar-refractivity contribution in [2.24, 2.45) is 0 Å². The molecule has 4 rings (SSSR count). The Balaban J connectivity index is 1.67. The fourth-order valence-electron chi connectivity index (χ4n) is 3.03. The zero-order valence-electron chi connectivity index (χ0n) is 15.5.